The first-order valence-electron chi connectivity index (χ1n) is 9.13. The van der Waals surface area contributed by atoms with Gasteiger partial charge >= 0.3 is 6.18 Å². The first-order valence-corrected chi connectivity index (χ1v) is 10.6. The highest BCUT2D eigenvalue weighted by Crippen LogP contribution is 2.32. The third-order valence-corrected chi connectivity index (χ3v) is 6.43. The highest BCUT2D eigenvalue weighted by Gasteiger charge is 2.33. The number of halogens is 3. The Hall–Kier alpha value is -2.71. The van der Waals surface area contributed by atoms with Crippen molar-refractivity contribution in [3.05, 3.63) is 83.7 Å². The average molecular weight is 434 g/mol. The number of hydrogen-bond donors (Lipinski definition) is 1. The van der Waals surface area contributed by atoms with E-state index in [1.54, 1.807) is 32.3 Å². The SMILES string of the molecule is Cc1cnccc1-c1cccc(C(C)(C)NS(=O)(=O)c2cccc(C(F)(F)F)c2)c1. The van der Waals surface area contributed by atoms with Gasteiger partial charge in [0.25, 0.3) is 0 Å². The number of sulfonamides is 1. The van der Waals surface area contributed by atoms with Crippen LogP contribution in [0.1, 0.15) is 30.5 Å². The van der Waals surface area contributed by atoms with Gasteiger partial charge in [0.05, 0.1) is 16.0 Å². The summed E-state index contributed by atoms with van der Waals surface area (Å²) >= 11 is 0. The lowest BCUT2D eigenvalue weighted by Crippen LogP contribution is -2.41. The van der Waals surface area contributed by atoms with Crippen molar-refractivity contribution in [2.75, 3.05) is 0 Å². The lowest BCUT2D eigenvalue weighted by Gasteiger charge is -2.27. The van der Waals surface area contributed by atoms with Crippen molar-refractivity contribution in [2.24, 2.45) is 0 Å². The summed E-state index contributed by atoms with van der Waals surface area (Å²) in [6.45, 7) is 5.25. The van der Waals surface area contributed by atoms with Crippen molar-refractivity contribution in [1.29, 1.82) is 0 Å². The van der Waals surface area contributed by atoms with E-state index in [4.69, 9.17) is 0 Å². The predicted molar refractivity (Wildman–Crippen MR) is 109 cm³/mol. The van der Waals surface area contributed by atoms with Crippen LogP contribution >= 0.6 is 0 Å². The summed E-state index contributed by atoms with van der Waals surface area (Å²) < 4.78 is 67.1. The van der Waals surface area contributed by atoms with Gasteiger partial charge in [-0.2, -0.15) is 13.2 Å². The second-order valence-corrected chi connectivity index (χ2v) is 9.21. The lowest BCUT2D eigenvalue weighted by atomic mass is 9.92. The summed E-state index contributed by atoms with van der Waals surface area (Å²) in [5, 5.41) is 0. The summed E-state index contributed by atoms with van der Waals surface area (Å²) in [6, 6.07) is 12.9. The Kier molecular flexibility index (Phi) is 5.75. The topological polar surface area (TPSA) is 59.1 Å². The average Bonchev–Trinajstić information content (AvgIpc) is 2.67. The molecule has 1 N–H and O–H groups in total. The van der Waals surface area contributed by atoms with Gasteiger partial charge in [0.1, 0.15) is 0 Å². The van der Waals surface area contributed by atoms with E-state index in [-0.39, 0.29) is 0 Å². The van der Waals surface area contributed by atoms with Gasteiger partial charge in [0.15, 0.2) is 0 Å². The van der Waals surface area contributed by atoms with E-state index in [1.165, 1.54) is 0 Å². The number of benzene rings is 2. The molecule has 3 rings (SSSR count). The van der Waals surface area contributed by atoms with Crippen LogP contribution in [0.25, 0.3) is 11.1 Å². The molecule has 3 aromatic rings. The third-order valence-electron chi connectivity index (χ3n) is 4.78. The van der Waals surface area contributed by atoms with Gasteiger partial charge < -0.3 is 0 Å². The minimum absolute atomic E-state index is 0.438. The van der Waals surface area contributed by atoms with Crippen molar-refractivity contribution >= 4 is 10.0 Å². The van der Waals surface area contributed by atoms with Gasteiger partial charge in [-0.25, -0.2) is 13.1 Å². The van der Waals surface area contributed by atoms with Gasteiger partial charge in [-0.15, -0.1) is 0 Å². The molecule has 0 aliphatic heterocycles. The number of aromatic nitrogens is 1. The molecule has 1 aromatic heterocycles. The van der Waals surface area contributed by atoms with Crippen LogP contribution in [0.2, 0.25) is 0 Å². The van der Waals surface area contributed by atoms with Gasteiger partial charge in [0, 0.05) is 12.4 Å². The number of nitrogens with one attached hydrogen (secondary N) is 1. The minimum atomic E-state index is -4.63. The molecule has 8 heteroatoms. The van der Waals surface area contributed by atoms with Crippen molar-refractivity contribution < 1.29 is 21.6 Å². The molecule has 0 atom stereocenters. The monoisotopic (exact) mass is 434 g/mol. The highest BCUT2D eigenvalue weighted by atomic mass is 32.2. The quantitative estimate of drug-likeness (QED) is 0.594. The maximum atomic E-state index is 13.0. The summed E-state index contributed by atoms with van der Waals surface area (Å²) in [4.78, 5) is 3.64. The number of alkyl halides is 3. The van der Waals surface area contributed by atoms with Crippen LogP contribution in [0.15, 0.2) is 71.9 Å². The van der Waals surface area contributed by atoms with Crippen molar-refractivity contribution in [3.63, 3.8) is 0 Å². The number of aryl methyl sites for hydroxylation is 1. The number of rotatable bonds is 5. The van der Waals surface area contributed by atoms with Crippen LogP contribution in [-0.4, -0.2) is 13.4 Å². The summed E-state index contributed by atoms with van der Waals surface area (Å²) in [7, 11) is -4.19. The smallest absolute Gasteiger partial charge is 0.264 e. The fourth-order valence-corrected chi connectivity index (χ4v) is 4.61. The predicted octanol–water partition coefficient (Wildman–Crippen LogP) is 5.29. The van der Waals surface area contributed by atoms with Gasteiger partial charge in [-0.1, -0.05) is 24.3 Å². The molecule has 0 aliphatic carbocycles. The van der Waals surface area contributed by atoms with Gasteiger partial charge in [-0.3, -0.25) is 4.98 Å². The highest BCUT2D eigenvalue weighted by molar-refractivity contribution is 7.89. The number of pyridine rings is 1. The largest absolute Gasteiger partial charge is 0.416 e. The molecule has 0 aliphatic rings. The summed E-state index contributed by atoms with van der Waals surface area (Å²) in [6.07, 6.45) is -1.21. The minimum Gasteiger partial charge on any atom is -0.264 e. The van der Waals surface area contributed by atoms with Crippen molar-refractivity contribution in [2.45, 2.75) is 37.4 Å². The Labute approximate surface area is 173 Å². The standard InChI is InChI=1S/C22H21F3N2O2S/c1-15-14-26-11-10-20(15)16-6-4-7-17(12-16)21(2,3)27-30(28,29)19-9-5-8-18(13-19)22(23,24)25/h4-14,27H,1-3H3. The maximum absolute atomic E-state index is 13.0. The molecule has 0 unspecified atom stereocenters. The zero-order valence-corrected chi connectivity index (χ0v) is 17.5. The number of hydrogen-bond acceptors (Lipinski definition) is 3. The second-order valence-electron chi connectivity index (χ2n) is 7.53. The molecule has 4 nitrogen and oxygen atoms in total. The van der Waals surface area contributed by atoms with E-state index < -0.39 is 32.2 Å². The van der Waals surface area contributed by atoms with Crippen molar-refractivity contribution in [1.82, 2.24) is 9.71 Å². The van der Waals surface area contributed by atoms with E-state index in [1.807, 2.05) is 31.2 Å². The summed E-state index contributed by atoms with van der Waals surface area (Å²) in [5.74, 6) is 0. The fraction of sp³-hybridized carbons (Fsp3) is 0.227. The first-order chi connectivity index (χ1) is 13.9. The van der Waals surface area contributed by atoms with E-state index >= 15 is 0 Å². The lowest BCUT2D eigenvalue weighted by molar-refractivity contribution is -0.137. The second kappa shape index (κ2) is 7.85. The van der Waals surface area contributed by atoms with Crippen LogP contribution < -0.4 is 4.72 Å². The van der Waals surface area contributed by atoms with Crippen LogP contribution in [0.5, 0.6) is 0 Å². The third kappa shape index (κ3) is 4.71. The zero-order valence-electron chi connectivity index (χ0n) is 16.7. The van der Waals surface area contributed by atoms with Crippen LogP contribution in [0.4, 0.5) is 13.2 Å². The molecule has 158 valence electrons. The maximum Gasteiger partial charge on any atom is 0.416 e. The normalized spacial score (nSPS) is 12.7. The molecule has 0 amide bonds. The molecule has 30 heavy (non-hydrogen) atoms. The Morgan fingerprint density at radius 2 is 1.60 bits per heavy atom. The molecule has 0 radical (unpaired) electrons. The van der Waals surface area contributed by atoms with Crippen LogP contribution in [0, 0.1) is 6.92 Å². The fourth-order valence-electron chi connectivity index (χ4n) is 3.17. The molecule has 1 heterocycles. The number of nitrogens with zero attached hydrogens (tertiary/aromatic N) is 1. The van der Waals surface area contributed by atoms with E-state index in [2.05, 4.69) is 9.71 Å². The Balaban J connectivity index is 1.95. The Bertz CT molecular complexity index is 1170. The Morgan fingerprint density at radius 3 is 2.27 bits per heavy atom. The molecule has 0 fully saturated rings. The van der Waals surface area contributed by atoms with Crippen molar-refractivity contribution in [3.8, 4) is 11.1 Å². The van der Waals surface area contributed by atoms with Gasteiger partial charge in [-0.05, 0) is 73.4 Å². The molecule has 0 saturated heterocycles. The molecule has 2 aromatic carbocycles. The zero-order chi connectivity index (χ0) is 22.2. The molecular weight excluding hydrogens is 413 g/mol. The Morgan fingerprint density at radius 1 is 0.933 bits per heavy atom. The molecular formula is C22H21F3N2O2S. The van der Waals surface area contributed by atoms with E-state index in [0.29, 0.717) is 11.6 Å². The first kappa shape index (κ1) is 22.0. The van der Waals surface area contributed by atoms with Gasteiger partial charge in [0.2, 0.25) is 10.0 Å². The molecule has 0 bridgehead atoms. The van der Waals surface area contributed by atoms with Crippen LogP contribution in [0.3, 0.4) is 0 Å². The molecule has 0 spiro atoms. The van der Waals surface area contributed by atoms with E-state index in [9.17, 15) is 21.6 Å². The summed E-state index contributed by atoms with van der Waals surface area (Å²) in [5.41, 5.74) is 1.41. The van der Waals surface area contributed by atoms with E-state index in [0.717, 1.165) is 34.9 Å². The molecule has 0 saturated carbocycles. The van der Waals surface area contributed by atoms with Crippen LogP contribution in [-0.2, 0) is 21.7 Å².